The van der Waals surface area contributed by atoms with Gasteiger partial charge in [-0.2, -0.15) is 0 Å². The molecule has 31 heavy (non-hydrogen) atoms. The summed E-state index contributed by atoms with van der Waals surface area (Å²) in [6.45, 7) is -0.131. The number of hydrogen-bond donors (Lipinski definition) is 1. The Morgan fingerprint density at radius 3 is 2.58 bits per heavy atom. The van der Waals surface area contributed by atoms with Gasteiger partial charge in [-0.3, -0.25) is 9.59 Å². The minimum absolute atomic E-state index is 0.00479. The van der Waals surface area contributed by atoms with Crippen molar-refractivity contribution in [2.45, 2.75) is 12.6 Å². The molecule has 1 fully saturated rings. The van der Waals surface area contributed by atoms with E-state index in [1.807, 2.05) is 0 Å². The number of amides is 1. The largest absolute Gasteiger partial charge is 0.507 e. The van der Waals surface area contributed by atoms with Gasteiger partial charge in [0.25, 0.3) is 11.7 Å². The quantitative estimate of drug-likeness (QED) is 0.377. The molecule has 2 aromatic carbocycles. The van der Waals surface area contributed by atoms with Gasteiger partial charge in [0.1, 0.15) is 28.9 Å². The summed E-state index contributed by atoms with van der Waals surface area (Å²) in [7, 11) is 1.31. The van der Waals surface area contributed by atoms with E-state index in [0.717, 1.165) is 17.0 Å². The first-order chi connectivity index (χ1) is 14.9. The second kappa shape index (κ2) is 8.06. The summed E-state index contributed by atoms with van der Waals surface area (Å²) in [5.74, 6) is -3.53. The number of methoxy groups -OCH3 is 1. The number of aliphatic hydroxyl groups excluding tert-OH is 1. The maximum Gasteiger partial charge on any atom is 0.296 e. The Morgan fingerprint density at radius 1 is 1.13 bits per heavy atom. The molecule has 1 aliphatic heterocycles. The van der Waals surface area contributed by atoms with Gasteiger partial charge in [0.2, 0.25) is 0 Å². The number of carbonyl (C=O) groups is 2. The molecule has 158 valence electrons. The highest BCUT2D eigenvalue weighted by molar-refractivity contribution is 6.46. The molecule has 2 heterocycles. The van der Waals surface area contributed by atoms with E-state index in [0.29, 0.717) is 5.76 Å². The lowest BCUT2D eigenvalue weighted by molar-refractivity contribution is -0.140. The molecule has 1 atom stereocenters. The van der Waals surface area contributed by atoms with Crippen LogP contribution in [0, 0.1) is 11.6 Å². The molecule has 6 nitrogen and oxygen atoms in total. The molecule has 0 bridgehead atoms. The zero-order valence-electron chi connectivity index (χ0n) is 16.3. The molecule has 4 rings (SSSR count). The van der Waals surface area contributed by atoms with Crippen molar-refractivity contribution in [3.8, 4) is 5.75 Å². The number of furan rings is 1. The van der Waals surface area contributed by atoms with Crippen molar-refractivity contribution in [3.63, 3.8) is 0 Å². The summed E-state index contributed by atoms with van der Waals surface area (Å²) >= 11 is 0. The van der Waals surface area contributed by atoms with E-state index < -0.39 is 35.1 Å². The summed E-state index contributed by atoms with van der Waals surface area (Å²) in [6.07, 6.45) is 1.40. The van der Waals surface area contributed by atoms with Crippen LogP contribution in [-0.4, -0.2) is 28.8 Å². The number of halogens is 2. The number of carbonyl (C=O) groups excluding carboxylic acids is 2. The molecule has 0 radical (unpaired) electrons. The highest BCUT2D eigenvalue weighted by Gasteiger charge is 2.47. The average molecular weight is 425 g/mol. The first-order valence-electron chi connectivity index (χ1n) is 9.31. The SMILES string of the molecule is COc1ccc(F)cc1/C(O)=C1\C(=O)C(=O)N(Cc2ccco2)C1c1ccccc1F. The van der Waals surface area contributed by atoms with Gasteiger partial charge >= 0.3 is 0 Å². The Hall–Kier alpha value is -3.94. The van der Waals surface area contributed by atoms with E-state index in [9.17, 15) is 23.5 Å². The highest BCUT2D eigenvalue weighted by Crippen LogP contribution is 2.42. The number of rotatable bonds is 5. The van der Waals surface area contributed by atoms with E-state index in [1.165, 1.54) is 37.6 Å². The number of benzene rings is 2. The second-order valence-electron chi connectivity index (χ2n) is 6.87. The molecule has 1 unspecified atom stereocenters. The lowest BCUT2D eigenvalue weighted by Gasteiger charge is -2.25. The lowest BCUT2D eigenvalue weighted by atomic mass is 9.94. The molecule has 0 saturated carbocycles. The van der Waals surface area contributed by atoms with Crippen LogP contribution in [0.5, 0.6) is 5.75 Å². The summed E-state index contributed by atoms with van der Waals surface area (Å²) < 4.78 is 39.1. The van der Waals surface area contributed by atoms with Crippen molar-refractivity contribution in [2.75, 3.05) is 7.11 Å². The predicted octanol–water partition coefficient (Wildman–Crippen LogP) is 4.19. The van der Waals surface area contributed by atoms with Crippen molar-refractivity contribution >= 4 is 17.4 Å². The molecular weight excluding hydrogens is 408 g/mol. The highest BCUT2D eigenvalue weighted by atomic mass is 19.1. The Balaban J connectivity index is 1.94. The monoisotopic (exact) mass is 425 g/mol. The zero-order valence-corrected chi connectivity index (χ0v) is 16.3. The maximum atomic E-state index is 14.7. The van der Waals surface area contributed by atoms with Gasteiger partial charge in [0, 0.05) is 5.56 Å². The van der Waals surface area contributed by atoms with Crippen LogP contribution in [0.3, 0.4) is 0 Å². The molecule has 8 heteroatoms. The van der Waals surface area contributed by atoms with Gasteiger partial charge in [0.15, 0.2) is 0 Å². The molecule has 0 spiro atoms. The third-order valence-corrected chi connectivity index (χ3v) is 5.06. The van der Waals surface area contributed by atoms with Crippen LogP contribution in [0.1, 0.15) is 22.9 Å². The number of likely N-dealkylation sites (tertiary alicyclic amines) is 1. The topological polar surface area (TPSA) is 80.0 Å². The molecule has 1 saturated heterocycles. The van der Waals surface area contributed by atoms with Crippen LogP contribution in [-0.2, 0) is 16.1 Å². The maximum absolute atomic E-state index is 14.7. The molecular formula is C23H17F2NO5. The molecule has 0 aliphatic carbocycles. The number of nitrogens with zero attached hydrogens (tertiary/aromatic N) is 1. The van der Waals surface area contributed by atoms with Gasteiger partial charge in [0.05, 0.1) is 37.1 Å². The zero-order chi connectivity index (χ0) is 22.1. The number of hydrogen-bond acceptors (Lipinski definition) is 5. The molecule has 1 aliphatic rings. The first-order valence-corrected chi connectivity index (χ1v) is 9.31. The smallest absolute Gasteiger partial charge is 0.296 e. The normalized spacial score (nSPS) is 17.9. The minimum Gasteiger partial charge on any atom is -0.507 e. The van der Waals surface area contributed by atoms with Gasteiger partial charge in [-0.25, -0.2) is 8.78 Å². The van der Waals surface area contributed by atoms with Gasteiger partial charge in [-0.15, -0.1) is 0 Å². The fourth-order valence-corrected chi connectivity index (χ4v) is 3.64. The van der Waals surface area contributed by atoms with Crippen molar-refractivity contribution < 1.29 is 32.6 Å². The van der Waals surface area contributed by atoms with Crippen LogP contribution in [0.2, 0.25) is 0 Å². The van der Waals surface area contributed by atoms with Crippen LogP contribution in [0.4, 0.5) is 8.78 Å². The molecule has 1 aromatic heterocycles. The summed E-state index contributed by atoms with van der Waals surface area (Å²) in [6, 6.07) is 11.0. The summed E-state index contributed by atoms with van der Waals surface area (Å²) in [5.41, 5.74) is -0.490. The van der Waals surface area contributed by atoms with Crippen molar-refractivity contribution in [1.82, 2.24) is 4.90 Å². The Labute approximate surface area is 176 Å². The van der Waals surface area contributed by atoms with Crippen molar-refractivity contribution in [3.05, 3.63) is 95.0 Å². The van der Waals surface area contributed by atoms with Gasteiger partial charge in [-0.05, 0) is 36.4 Å². The Morgan fingerprint density at radius 2 is 1.90 bits per heavy atom. The summed E-state index contributed by atoms with van der Waals surface area (Å²) in [5, 5.41) is 11.0. The predicted molar refractivity (Wildman–Crippen MR) is 106 cm³/mol. The lowest BCUT2D eigenvalue weighted by Crippen LogP contribution is -2.29. The van der Waals surface area contributed by atoms with Gasteiger partial charge in [-0.1, -0.05) is 18.2 Å². The third kappa shape index (κ3) is 3.56. The Kier molecular flexibility index (Phi) is 5.29. The van der Waals surface area contributed by atoms with Crippen LogP contribution in [0.15, 0.2) is 70.9 Å². The number of Topliss-reactive ketones (excluding diaryl/α,β-unsaturated/α-hetero) is 1. The fourth-order valence-electron chi connectivity index (χ4n) is 3.64. The molecule has 3 aromatic rings. The van der Waals surface area contributed by atoms with E-state index >= 15 is 0 Å². The van der Waals surface area contributed by atoms with Crippen LogP contribution in [0.25, 0.3) is 5.76 Å². The minimum atomic E-state index is -1.25. The van der Waals surface area contributed by atoms with Crippen molar-refractivity contribution in [2.24, 2.45) is 0 Å². The van der Waals surface area contributed by atoms with Crippen LogP contribution >= 0.6 is 0 Å². The number of aliphatic hydroxyl groups is 1. The van der Waals surface area contributed by atoms with Crippen LogP contribution < -0.4 is 4.74 Å². The van der Waals surface area contributed by atoms with E-state index in [2.05, 4.69) is 0 Å². The first kappa shape index (κ1) is 20.3. The molecule has 1 amide bonds. The number of ketones is 1. The number of ether oxygens (including phenoxy) is 1. The Bertz CT molecular complexity index is 1190. The fraction of sp³-hybridized carbons (Fsp3) is 0.130. The third-order valence-electron chi connectivity index (χ3n) is 5.06. The van der Waals surface area contributed by atoms with Crippen molar-refractivity contribution in [1.29, 1.82) is 0 Å². The molecule has 1 N–H and O–H groups in total. The second-order valence-corrected chi connectivity index (χ2v) is 6.87. The van der Waals surface area contributed by atoms with E-state index in [1.54, 1.807) is 18.2 Å². The van der Waals surface area contributed by atoms with E-state index in [4.69, 9.17) is 9.15 Å². The van der Waals surface area contributed by atoms with Gasteiger partial charge < -0.3 is 19.2 Å². The summed E-state index contributed by atoms with van der Waals surface area (Å²) in [4.78, 5) is 26.9. The average Bonchev–Trinajstić information content (AvgIpc) is 3.36. The van der Waals surface area contributed by atoms with E-state index in [-0.39, 0.29) is 29.0 Å². The standard InChI is InChI=1S/C23H17F2NO5/c1-30-18-9-8-13(24)11-16(18)21(27)19-20(15-6-2-3-7-17(15)25)26(23(29)22(19)28)12-14-5-4-10-31-14/h2-11,20,27H,12H2,1H3/b21-19+.